The summed E-state index contributed by atoms with van der Waals surface area (Å²) in [6.45, 7) is 4.54. The molecule has 2 rings (SSSR count). The molecule has 76 valence electrons. The van der Waals surface area contributed by atoms with Crippen LogP contribution in [0.25, 0.3) is 9.65 Å². The van der Waals surface area contributed by atoms with Gasteiger partial charge < -0.3 is 24.0 Å². The Bertz CT molecular complexity index is 434. The first-order valence-electron chi connectivity index (χ1n) is 4.58. The normalized spacial score (nSPS) is 10.6. The maximum atomic E-state index is 2.42. The minimum atomic E-state index is 0. The van der Waals surface area contributed by atoms with E-state index < -0.39 is 0 Å². The van der Waals surface area contributed by atoms with Crippen molar-refractivity contribution in [1.82, 2.24) is 0 Å². The predicted octanol–water partition coefficient (Wildman–Crippen LogP) is -1.15. The van der Waals surface area contributed by atoms with E-state index in [2.05, 4.69) is 48.7 Å². The van der Waals surface area contributed by atoms with Crippen molar-refractivity contribution in [1.29, 1.82) is 0 Å². The third-order valence-electron chi connectivity index (χ3n) is 2.28. The van der Waals surface area contributed by atoms with E-state index in [-0.39, 0.29) is 24.0 Å². The maximum Gasteiger partial charge on any atom is -1.00 e. The Morgan fingerprint density at radius 3 is 2.50 bits per heavy atom. The maximum absolute atomic E-state index is 2.42. The van der Waals surface area contributed by atoms with Crippen LogP contribution in [-0.2, 0) is 7.05 Å². The summed E-state index contributed by atoms with van der Waals surface area (Å²) in [5.74, 6) is 0.635. The van der Waals surface area contributed by atoms with Gasteiger partial charge in [0.1, 0.15) is 0 Å². The summed E-state index contributed by atoms with van der Waals surface area (Å²) in [6.07, 6.45) is 0. The van der Waals surface area contributed by atoms with Gasteiger partial charge in [0.25, 0.3) is 0 Å². The van der Waals surface area contributed by atoms with Gasteiger partial charge in [0.15, 0.2) is 0 Å². The molecule has 0 unspecified atom stereocenters. The quantitative estimate of drug-likeness (QED) is 0.444. The zero-order chi connectivity index (χ0) is 9.42. The van der Waals surface area contributed by atoms with Crippen LogP contribution in [0, 0.1) is 0 Å². The summed E-state index contributed by atoms with van der Waals surface area (Å²) in [6, 6.07) is 8.77. The Morgan fingerprint density at radius 1 is 1.21 bits per heavy atom. The van der Waals surface area contributed by atoms with Gasteiger partial charge in [-0.25, -0.2) is 0 Å². The fourth-order valence-corrected chi connectivity index (χ4v) is 4.13. The van der Waals surface area contributed by atoms with Gasteiger partial charge in [-0.15, -0.1) is 0 Å². The Balaban J connectivity index is 0.000000980. The molecule has 2 aromatic rings. The van der Waals surface area contributed by atoms with E-state index in [1.807, 2.05) is 0 Å². The van der Waals surface area contributed by atoms with Crippen LogP contribution in [0.5, 0.6) is 0 Å². The minimum Gasteiger partial charge on any atom is -1.00 e. The molecule has 0 atom stereocenters. The summed E-state index contributed by atoms with van der Waals surface area (Å²) in [5.41, 5.74) is 1.51. The van der Waals surface area contributed by atoms with Crippen LogP contribution in [0.15, 0.2) is 24.3 Å². The van der Waals surface area contributed by atoms with E-state index in [0.29, 0.717) is 20.7 Å². The average molecular weight is 366 g/mol. The van der Waals surface area contributed by atoms with Crippen molar-refractivity contribution in [2.24, 2.45) is 7.05 Å². The molecule has 0 aliphatic rings. The van der Waals surface area contributed by atoms with Gasteiger partial charge >= 0.3 is 84.7 Å². The van der Waals surface area contributed by atoms with Gasteiger partial charge in [-0.05, 0) is 0 Å². The van der Waals surface area contributed by atoms with E-state index >= 15 is 0 Å². The molecule has 0 saturated heterocycles. The number of rotatable bonds is 1. The molecule has 3 heteroatoms. The SMILES string of the molecule is CC(C)c1c2ccccc2[se][n+]1C.[I-]. The van der Waals surface area contributed by atoms with Gasteiger partial charge in [-0.2, -0.15) is 0 Å². The molecule has 1 aromatic carbocycles. The van der Waals surface area contributed by atoms with Crippen LogP contribution < -0.4 is 27.5 Å². The molecule has 14 heavy (non-hydrogen) atoms. The van der Waals surface area contributed by atoms with Crippen molar-refractivity contribution in [3.8, 4) is 0 Å². The third-order valence-corrected chi connectivity index (χ3v) is 4.43. The first-order valence-corrected chi connectivity index (χ1v) is 6.20. The standard InChI is InChI=1S/C11H14NSe.HI/c1-8(2)11-9-6-4-5-7-10(9)13-12(11)3;/h4-8H,1-3H3;1H/q+1;/p-1. The topological polar surface area (TPSA) is 3.88 Å². The molecule has 0 bridgehead atoms. The van der Waals surface area contributed by atoms with Crippen molar-refractivity contribution in [3.05, 3.63) is 30.0 Å². The van der Waals surface area contributed by atoms with Crippen LogP contribution in [0.3, 0.4) is 0 Å². The second kappa shape index (κ2) is 4.77. The number of hydrogen-bond acceptors (Lipinski definition) is 0. The summed E-state index contributed by atoms with van der Waals surface area (Å²) in [4.78, 5) is 0. The molecule has 0 fully saturated rings. The summed E-state index contributed by atoms with van der Waals surface area (Å²) < 4.78 is 3.95. The summed E-state index contributed by atoms with van der Waals surface area (Å²) in [5, 5.41) is 1.47. The summed E-state index contributed by atoms with van der Waals surface area (Å²) in [7, 11) is 2.20. The van der Waals surface area contributed by atoms with E-state index in [9.17, 15) is 0 Å². The molecule has 0 aliphatic carbocycles. The number of aromatic nitrogens is 1. The van der Waals surface area contributed by atoms with Crippen LogP contribution in [-0.4, -0.2) is 14.7 Å². The minimum absolute atomic E-state index is 0. The van der Waals surface area contributed by atoms with Crippen LogP contribution in [0.1, 0.15) is 25.5 Å². The zero-order valence-corrected chi connectivity index (χ0v) is 12.5. The number of hydrogen-bond donors (Lipinski definition) is 0. The van der Waals surface area contributed by atoms with E-state index in [0.717, 1.165) is 0 Å². The molecule has 0 N–H and O–H groups in total. The molecule has 1 aromatic heterocycles. The van der Waals surface area contributed by atoms with Crippen molar-refractivity contribution < 1.29 is 27.5 Å². The average Bonchev–Trinajstić information content (AvgIpc) is 2.39. The predicted molar refractivity (Wildman–Crippen MR) is 56.2 cm³/mol. The molecule has 0 radical (unpaired) electrons. The van der Waals surface area contributed by atoms with Gasteiger partial charge in [-0.3, -0.25) is 0 Å². The second-order valence-electron chi connectivity index (χ2n) is 3.62. The first kappa shape index (κ1) is 12.2. The number of aryl methyl sites for hydroxylation is 1. The molecule has 1 heterocycles. The molecular formula is C11H14INSe. The third kappa shape index (κ3) is 2.05. The molecular weight excluding hydrogens is 352 g/mol. The van der Waals surface area contributed by atoms with Gasteiger partial charge in [0, 0.05) is 0 Å². The fraction of sp³-hybridized carbons (Fsp3) is 0.364. The van der Waals surface area contributed by atoms with Crippen molar-refractivity contribution in [3.63, 3.8) is 0 Å². The summed E-state index contributed by atoms with van der Waals surface area (Å²) >= 11 is 0.510. The van der Waals surface area contributed by atoms with Crippen LogP contribution in [0.2, 0.25) is 0 Å². The van der Waals surface area contributed by atoms with E-state index in [1.54, 1.807) is 0 Å². The molecule has 0 aliphatic heterocycles. The Morgan fingerprint density at radius 2 is 1.86 bits per heavy atom. The number of nitrogens with zero attached hydrogens (tertiary/aromatic N) is 1. The number of benzene rings is 1. The van der Waals surface area contributed by atoms with Gasteiger partial charge in [-0.1, -0.05) is 0 Å². The van der Waals surface area contributed by atoms with Crippen molar-refractivity contribution in [2.75, 3.05) is 0 Å². The van der Waals surface area contributed by atoms with Gasteiger partial charge in [0.05, 0.1) is 0 Å². The first-order chi connectivity index (χ1) is 6.20. The fourth-order valence-electron chi connectivity index (χ4n) is 1.80. The van der Waals surface area contributed by atoms with Crippen molar-refractivity contribution >= 4 is 24.4 Å². The molecule has 0 spiro atoms. The smallest absolute Gasteiger partial charge is 1.00 e. The van der Waals surface area contributed by atoms with Crippen molar-refractivity contribution in [2.45, 2.75) is 19.8 Å². The Hall–Kier alpha value is 0.139. The van der Waals surface area contributed by atoms with Crippen LogP contribution >= 0.6 is 0 Å². The Kier molecular flexibility index (Phi) is 4.16. The van der Waals surface area contributed by atoms with E-state index in [1.165, 1.54) is 15.3 Å². The van der Waals surface area contributed by atoms with Gasteiger partial charge in [0.2, 0.25) is 0 Å². The zero-order valence-electron chi connectivity index (χ0n) is 8.62. The van der Waals surface area contributed by atoms with E-state index in [4.69, 9.17) is 0 Å². The molecule has 0 amide bonds. The van der Waals surface area contributed by atoms with Crippen LogP contribution in [0.4, 0.5) is 0 Å². The second-order valence-corrected chi connectivity index (χ2v) is 6.08. The Labute approximate surface area is 108 Å². The monoisotopic (exact) mass is 367 g/mol. The number of fused-ring (bicyclic) bond motifs is 1. The molecule has 0 saturated carbocycles. The number of halogens is 1. The molecule has 1 nitrogen and oxygen atoms in total. The largest absolute Gasteiger partial charge is 1.00 e.